The van der Waals surface area contributed by atoms with E-state index in [-0.39, 0.29) is 23.8 Å². The van der Waals surface area contributed by atoms with Crippen LogP contribution in [-0.2, 0) is 21.2 Å². The molecule has 0 unspecified atom stereocenters. The molecule has 2 saturated heterocycles. The molecule has 0 saturated carbocycles. The highest BCUT2D eigenvalue weighted by molar-refractivity contribution is 7.88. The Morgan fingerprint density at radius 2 is 1.68 bits per heavy atom. The topological polar surface area (TPSA) is 57.7 Å². The summed E-state index contributed by atoms with van der Waals surface area (Å²) in [6, 6.07) is 17.9. The zero-order valence-corrected chi connectivity index (χ0v) is 17.1. The molecule has 2 aromatic rings. The number of hydrogen-bond acceptors (Lipinski definition) is 3. The van der Waals surface area contributed by atoms with Gasteiger partial charge in [-0.25, -0.2) is 12.7 Å². The molecule has 0 aliphatic carbocycles. The predicted molar refractivity (Wildman–Crippen MR) is 109 cm³/mol. The molecule has 0 spiro atoms. The fourth-order valence-electron chi connectivity index (χ4n) is 4.72. The molecule has 6 heteroatoms. The van der Waals surface area contributed by atoms with E-state index in [4.69, 9.17) is 0 Å². The lowest BCUT2D eigenvalue weighted by atomic mass is 9.87. The molecule has 1 amide bonds. The summed E-state index contributed by atoms with van der Waals surface area (Å²) < 4.78 is 25.7. The van der Waals surface area contributed by atoms with Crippen LogP contribution in [0.5, 0.6) is 0 Å². The third kappa shape index (κ3) is 3.59. The summed E-state index contributed by atoms with van der Waals surface area (Å²) >= 11 is 0. The lowest BCUT2D eigenvalue weighted by Crippen LogP contribution is -2.38. The van der Waals surface area contributed by atoms with Gasteiger partial charge in [0.05, 0.1) is 18.7 Å². The van der Waals surface area contributed by atoms with Crippen LogP contribution in [0, 0.1) is 18.8 Å². The number of likely N-dealkylation sites (tertiary alicyclic amines) is 1. The van der Waals surface area contributed by atoms with Gasteiger partial charge in [0, 0.05) is 25.6 Å². The van der Waals surface area contributed by atoms with Gasteiger partial charge < -0.3 is 4.90 Å². The van der Waals surface area contributed by atoms with Crippen molar-refractivity contribution in [3.63, 3.8) is 0 Å². The number of carbonyl (C=O) groups is 1. The molecule has 0 N–H and O–H groups in total. The van der Waals surface area contributed by atoms with E-state index in [2.05, 4.69) is 19.1 Å². The van der Waals surface area contributed by atoms with Crippen molar-refractivity contribution in [1.29, 1.82) is 0 Å². The van der Waals surface area contributed by atoms with Crippen molar-refractivity contribution in [2.75, 3.05) is 25.9 Å². The van der Waals surface area contributed by atoms with E-state index in [1.807, 2.05) is 47.4 Å². The SMILES string of the molecule is Cc1ccccc1[C@@H]1[C@H]2CN(S(C)(=O)=O)C[C@H]2CN1C(=O)Cc1ccccc1. The fourth-order valence-corrected chi connectivity index (χ4v) is 5.63. The highest BCUT2D eigenvalue weighted by Crippen LogP contribution is 2.46. The van der Waals surface area contributed by atoms with Crippen LogP contribution in [0.25, 0.3) is 0 Å². The third-order valence-electron chi connectivity index (χ3n) is 6.13. The largest absolute Gasteiger partial charge is 0.335 e. The Morgan fingerprint density at radius 1 is 1.00 bits per heavy atom. The lowest BCUT2D eigenvalue weighted by Gasteiger charge is -2.30. The number of carbonyl (C=O) groups excluding carboxylic acids is 1. The molecule has 0 aromatic heterocycles. The van der Waals surface area contributed by atoms with Crippen LogP contribution < -0.4 is 0 Å². The minimum atomic E-state index is -3.22. The second-order valence-corrected chi connectivity index (χ2v) is 10.00. The lowest BCUT2D eigenvalue weighted by molar-refractivity contribution is -0.132. The summed E-state index contributed by atoms with van der Waals surface area (Å²) in [4.78, 5) is 15.2. The predicted octanol–water partition coefficient (Wildman–Crippen LogP) is 2.63. The van der Waals surface area contributed by atoms with Gasteiger partial charge >= 0.3 is 0 Å². The molecule has 3 atom stereocenters. The Hall–Kier alpha value is -2.18. The average Bonchev–Trinajstić information content (AvgIpc) is 3.21. The van der Waals surface area contributed by atoms with Crippen molar-refractivity contribution < 1.29 is 13.2 Å². The molecule has 2 fully saturated rings. The van der Waals surface area contributed by atoms with Crippen LogP contribution in [0.2, 0.25) is 0 Å². The molecule has 2 aliphatic heterocycles. The van der Waals surface area contributed by atoms with Crippen molar-refractivity contribution in [1.82, 2.24) is 9.21 Å². The summed E-state index contributed by atoms with van der Waals surface area (Å²) in [7, 11) is -3.22. The van der Waals surface area contributed by atoms with E-state index in [9.17, 15) is 13.2 Å². The molecule has 0 radical (unpaired) electrons. The van der Waals surface area contributed by atoms with E-state index in [1.54, 1.807) is 4.31 Å². The molecule has 2 aliphatic rings. The van der Waals surface area contributed by atoms with Crippen LogP contribution in [0.3, 0.4) is 0 Å². The molecule has 2 heterocycles. The summed E-state index contributed by atoms with van der Waals surface area (Å²) in [6.45, 7) is 3.66. The summed E-state index contributed by atoms with van der Waals surface area (Å²) in [6.07, 6.45) is 1.65. The minimum absolute atomic E-state index is 0.0748. The van der Waals surface area contributed by atoms with Gasteiger partial charge in [0.2, 0.25) is 15.9 Å². The summed E-state index contributed by atoms with van der Waals surface area (Å²) in [5.41, 5.74) is 3.28. The Kier molecular flexibility index (Phi) is 5.02. The average molecular weight is 399 g/mol. The van der Waals surface area contributed by atoms with E-state index in [0.717, 1.165) is 16.7 Å². The van der Waals surface area contributed by atoms with Gasteiger partial charge in [0.1, 0.15) is 0 Å². The summed E-state index contributed by atoms with van der Waals surface area (Å²) in [5.74, 6) is 0.425. The van der Waals surface area contributed by atoms with Gasteiger partial charge in [-0.15, -0.1) is 0 Å². The smallest absolute Gasteiger partial charge is 0.227 e. The standard InChI is InChI=1S/C22H26N2O3S/c1-16-8-6-7-11-19(16)22-20-15-23(28(2,26)27)13-18(20)14-24(22)21(25)12-17-9-4-3-5-10-17/h3-11,18,20,22H,12-15H2,1-2H3/t18-,20-,22+/m0/s1. The maximum atomic E-state index is 13.2. The first-order valence-electron chi connectivity index (χ1n) is 9.68. The van der Waals surface area contributed by atoms with Gasteiger partial charge in [0.25, 0.3) is 0 Å². The van der Waals surface area contributed by atoms with Crippen LogP contribution >= 0.6 is 0 Å². The maximum absolute atomic E-state index is 13.2. The molecule has 0 bridgehead atoms. The highest BCUT2D eigenvalue weighted by atomic mass is 32.2. The Morgan fingerprint density at radius 3 is 2.36 bits per heavy atom. The normalized spacial score (nSPS) is 25.1. The third-order valence-corrected chi connectivity index (χ3v) is 7.36. The number of nitrogens with zero attached hydrogens (tertiary/aromatic N) is 2. The van der Waals surface area contributed by atoms with E-state index < -0.39 is 10.0 Å². The first kappa shape index (κ1) is 19.2. The van der Waals surface area contributed by atoms with Crippen LogP contribution in [0.15, 0.2) is 54.6 Å². The number of hydrogen-bond donors (Lipinski definition) is 0. The monoisotopic (exact) mass is 398 g/mol. The first-order valence-corrected chi connectivity index (χ1v) is 11.5. The number of benzene rings is 2. The van der Waals surface area contributed by atoms with E-state index in [1.165, 1.54) is 6.26 Å². The maximum Gasteiger partial charge on any atom is 0.227 e. The molecule has 2 aromatic carbocycles. The molecular formula is C22H26N2O3S. The molecule has 4 rings (SSSR count). The number of sulfonamides is 1. The van der Waals surface area contributed by atoms with Crippen LogP contribution in [-0.4, -0.2) is 49.4 Å². The van der Waals surface area contributed by atoms with Crippen LogP contribution in [0.1, 0.15) is 22.7 Å². The fraction of sp³-hybridized carbons (Fsp3) is 0.409. The van der Waals surface area contributed by atoms with Crippen LogP contribution in [0.4, 0.5) is 0 Å². The van der Waals surface area contributed by atoms with Gasteiger partial charge in [-0.2, -0.15) is 0 Å². The number of rotatable bonds is 4. The van der Waals surface area contributed by atoms with Gasteiger partial charge in [0.15, 0.2) is 0 Å². The first-order chi connectivity index (χ1) is 13.3. The number of fused-ring (bicyclic) bond motifs is 1. The Labute approximate surface area is 167 Å². The molecule has 148 valence electrons. The van der Waals surface area contributed by atoms with Crippen molar-refractivity contribution in [3.05, 3.63) is 71.3 Å². The Bertz CT molecular complexity index is 974. The second kappa shape index (κ2) is 7.33. The minimum Gasteiger partial charge on any atom is -0.335 e. The molecule has 28 heavy (non-hydrogen) atoms. The quantitative estimate of drug-likeness (QED) is 0.796. The second-order valence-electron chi connectivity index (χ2n) is 8.01. The number of amides is 1. The zero-order chi connectivity index (χ0) is 19.9. The van der Waals surface area contributed by atoms with Gasteiger partial charge in [-0.1, -0.05) is 54.6 Å². The molecular weight excluding hydrogens is 372 g/mol. The molecule has 5 nitrogen and oxygen atoms in total. The van der Waals surface area contributed by atoms with Crippen molar-refractivity contribution in [2.24, 2.45) is 11.8 Å². The summed E-state index contributed by atoms with van der Waals surface area (Å²) in [5, 5.41) is 0. The van der Waals surface area contributed by atoms with E-state index >= 15 is 0 Å². The Balaban J connectivity index is 1.65. The van der Waals surface area contributed by atoms with E-state index in [0.29, 0.717) is 26.1 Å². The number of aryl methyl sites for hydroxylation is 1. The highest BCUT2D eigenvalue weighted by Gasteiger charge is 2.50. The van der Waals surface area contributed by atoms with Crippen molar-refractivity contribution >= 4 is 15.9 Å². The van der Waals surface area contributed by atoms with Gasteiger partial charge in [-0.05, 0) is 29.5 Å². The zero-order valence-electron chi connectivity index (χ0n) is 16.3. The van der Waals surface area contributed by atoms with Crippen molar-refractivity contribution in [2.45, 2.75) is 19.4 Å². The van der Waals surface area contributed by atoms with Crippen molar-refractivity contribution in [3.8, 4) is 0 Å². The van der Waals surface area contributed by atoms with Gasteiger partial charge in [-0.3, -0.25) is 4.79 Å².